The summed E-state index contributed by atoms with van der Waals surface area (Å²) in [7, 11) is 0. The minimum atomic E-state index is -0.206. The smallest absolute Gasteiger partial charge is 0.255 e. The van der Waals surface area contributed by atoms with Crippen molar-refractivity contribution in [2.75, 3.05) is 25.0 Å². The molecular weight excluding hydrogens is 500 g/mol. The molecule has 1 fully saturated rings. The molecule has 1 N–H and O–H groups in total. The predicted molar refractivity (Wildman–Crippen MR) is 157 cm³/mol. The molecule has 1 aliphatic heterocycles. The summed E-state index contributed by atoms with van der Waals surface area (Å²) in [5.74, 6) is 2.37. The maximum absolute atomic E-state index is 13.1. The molecule has 40 heavy (non-hydrogen) atoms. The third kappa shape index (κ3) is 6.87. The normalized spacial score (nSPS) is 13.5. The summed E-state index contributed by atoms with van der Waals surface area (Å²) in [4.78, 5) is 33.6. The number of nitrogens with zero attached hydrogens (tertiary/aromatic N) is 5. The summed E-state index contributed by atoms with van der Waals surface area (Å²) >= 11 is 0. The standard InChI is InChI=1S/C32H36N6O2/c1-22(2)24-9-6-10-26(19-24)36-31(39)25-14-13-23(3)28(20-25)40-32-27(11-7-15-33-32)30-35-21-34-29(37-30)12-8-18-38-16-4-5-17-38/h6-7,9-11,13-15,19-22H,4-5,8,12,16-18H2,1-3H3,(H,36,39). The average molecular weight is 537 g/mol. The minimum Gasteiger partial charge on any atom is -0.438 e. The number of hydrogen-bond donors (Lipinski definition) is 1. The molecule has 4 aromatic rings. The second kappa shape index (κ2) is 12.8. The van der Waals surface area contributed by atoms with E-state index in [-0.39, 0.29) is 5.91 Å². The number of aromatic nitrogens is 4. The van der Waals surface area contributed by atoms with Crippen molar-refractivity contribution in [2.45, 2.75) is 52.4 Å². The fourth-order valence-electron chi connectivity index (χ4n) is 4.82. The summed E-state index contributed by atoms with van der Waals surface area (Å²) in [6.07, 6.45) is 7.60. The van der Waals surface area contributed by atoms with Crippen LogP contribution in [0, 0.1) is 6.92 Å². The van der Waals surface area contributed by atoms with Gasteiger partial charge in [-0.25, -0.2) is 19.9 Å². The number of carbonyl (C=O) groups excluding carboxylic acids is 1. The fraction of sp³-hybridized carbons (Fsp3) is 0.344. The largest absolute Gasteiger partial charge is 0.438 e. The molecule has 1 saturated heterocycles. The highest BCUT2D eigenvalue weighted by atomic mass is 16.5. The zero-order valence-electron chi connectivity index (χ0n) is 23.4. The molecule has 0 saturated carbocycles. The van der Waals surface area contributed by atoms with Gasteiger partial charge < -0.3 is 15.0 Å². The number of amides is 1. The first kappa shape index (κ1) is 27.4. The first-order valence-electron chi connectivity index (χ1n) is 14.0. The van der Waals surface area contributed by atoms with Crippen LogP contribution in [0.25, 0.3) is 11.4 Å². The Morgan fingerprint density at radius 2 is 1.88 bits per heavy atom. The number of ether oxygens (including phenoxy) is 1. The summed E-state index contributed by atoms with van der Waals surface area (Å²) in [5, 5.41) is 3.00. The van der Waals surface area contributed by atoms with E-state index in [1.807, 2.05) is 43.3 Å². The molecule has 5 rings (SSSR count). The van der Waals surface area contributed by atoms with Crippen LogP contribution < -0.4 is 10.1 Å². The van der Waals surface area contributed by atoms with Crippen LogP contribution in [0.2, 0.25) is 0 Å². The van der Waals surface area contributed by atoms with Crippen LogP contribution in [0.5, 0.6) is 11.6 Å². The number of benzene rings is 2. The number of likely N-dealkylation sites (tertiary alicyclic amines) is 1. The highest BCUT2D eigenvalue weighted by Crippen LogP contribution is 2.32. The van der Waals surface area contributed by atoms with E-state index in [1.54, 1.807) is 24.7 Å². The molecule has 0 unspecified atom stereocenters. The number of hydrogen-bond acceptors (Lipinski definition) is 7. The van der Waals surface area contributed by atoms with Gasteiger partial charge in [0.1, 0.15) is 17.9 Å². The van der Waals surface area contributed by atoms with Crippen molar-refractivity contribution in [2.24, 2.45) is 0 Å². The average Bonchev–Trinajstić information content (AvgIpc) is 3.48. The molecule has 8 heteroatoms. The lowest BCUT2D eigenvalue weighted by Crippen LogP contribution is -2.21. The Hall–Kier alpha value is -4.17. The van der Waals surface area contributed by atoms with Crippen LogP contribution in [0.1, 0.15) is 66.3 Å². The number of nitrogens with one attached hydrogen (secondary N) is 1. The van der Waals surface area contributed by atoms with E-state index in [4.69, 9.17) is 9.72 Å². The lowest BCUT2D eigenvalue weighted by Gasteiger charge is -2.14. The Balaban J connectivity index is 1.32. The van der Waals surface area contributed by atoms with Gasteiger partial charge in [0.05, 0.1) is 5.56 Å². The van der Waals surface area contributed by atoms with Gasteiger partial charge in [0, 0.05) is 23.9 Å². The molecule has 0 radical (unpaired) electrons. The maximum Gasteiger partial charge on any atom is 0.255 e. The Morgan fingerprint density at radius 3 is 2.70 bits per heavy atom. The van der Waals surface area contributed by atoms with Gasteiger partial charge in [0.25, 0.3) is 5.91 Å². The van der Waals surface area contributed by atoms with Crippen molar-refractivity contribution < 1.29 is 9.53 Å². The SMILES string of the molecule is Cc1ccc(C(=O)Nc2cccc(C(C)C)c2)cc1Oc1ncccc1-c1ncnc(CCCN2CCCC2)n1. The summed E-state index contributed by atoms with van der Waals surface area (Å²) in [6.45, 7) is 9.63. The molecule has 2 aromatic carbocycles. The van der Waals surface area contributed by atoms with Crippen LogP contribution in [0.3, 0.4) is 0 Å². The Labute approximate surface area is 235 Å². The molecule has 206 valence electrons. The van der Waals surface area contributed by atoms with Gasteiger partial charge in [0.15, 0.2) is 5.82 Å². The summed E-state index contributed by atoms with van der Waals surface area (Å²) in [5.41, 5.74) is 3.98. The van der Waals surface area contributed by atoms with E-state index in [2.05, 4.69) is 45.1 Å². The molecule has 1 amide bonds. The first-order valence-corrected chi connectivity index (χ1v) is 14.0. The lowest BCUT2D eigenvalue weighted by atomic mass is 10.0. The quantitative estimate of drug-likeness (QED) is 0.249. The van der Waals surface area contributed by atoms with Gasteiger partial charge >= 0.3 is 0 Å². The molecule has 0 spiro atoms. The molecule has 0 aliphatic carbocycles. The highest BCUT2D eigenvalue weighted by Gasteiger charge is 2.16. The number of anilines is 1. The van der Waals surface area contributed by atoms with Gasteiger partial charge in [-0.15, -0.1) is 0 Å². The second-order valence-electron chi connectivity index (χ2n) is 10.6. The molecule has 0 bridgehead atoms. The molecule has 1 aliphatic rings. The fourth-order valence-corrected chi connectivity index (χ4v) is 4.82. The lowest BCUT2D eigenvalue weighted by molar-refractivity contribution is 0.102. The van der Waals surface area contributed by atoms with E-state index in [0.717, 1.165) is 36.5 Å². The van der Waals surface area contributed by atoms with Gasteiger partial charge in [-0.2, -0.15) is 0 Å². The molecule has 8 nitrogen and oxygen atoms in total. The molecule has 2 aromatic heterocycles. The van der Waals surface area contributed by atoms with E-state index in [0.29, 0.717) is 34.5 Å². The second-order valence-corrected chi connectivity index (χ2v) is 10.6. The highest BCUT2D eigenvalue weighted by molar-refractivity contribution is 6.04. The Morgan fingerprint density at radius 1 is 1.02 bits per heavy atom. The molecular formula is C32H36N6O2. The zero-order valence-corrected chi connectivity index (χ0v) is 23.4. The van der Waals surface area contributed by atoms with Crippen LogP contribution in [-0.2, 0) is 6.42 Å². The first-order chi connectivity index (χ1) is 19.5. The van der Waals surface area contributed by atoms with Gasteiger partial charge in [-0.1, -0.05) is 32.0 Å². The maximum atomic E-state index is 13.1. The monoisotopic (exact) mass is 536 g/mol. The van der Waals surface area contributed by atoms with Crippen molar-refractivity contribution in [1.82, 2.24) is 24.8 Å². The van der Waals surface area contributed by atoms with Crippen LogP contribution in [0.4, 0.5) is 5.69 Å². The number of aryl methyl sites for hydroxylation is 2. The zero-order chi connectivity index (χ0) is 27.9. The van der Waals surface area contributed by atoms with Gasteiger partial charge in [-0.05, 0) is 99.3 Å². The van der Waals surface area contributed by atoms with Crippen LogP contribution >= 0.6 is 0 Å². The van der Waals surface area contributed by atoms with Gasteiger partial charge in [0.2, 0.25) is 5.88 Å². The van der Waals surface area contributed by atoms with Crippen molar-refractivity contribution in [3.8, 4) is 23.0 Å². The predicted octanol–water partition coefficient (Wildman–Crippen LogP) is 6.44. The summed E-state index contributed by atoms with van der Waals surface area (Å²) in [6, 6.07) is 17.0. The molecule has 3 heterocycles. The molecule has 0 atom stereocenters. The Kier molecular flexibility index (Phi) is 8.76. The number of rotatable bonds is 10. The minimum absolute atomic E-state index is 0.206. The van der Waals surface area contributed by atoms with Crippen LogP contribution in [-0.4, -0.2) is 50.4 Å². The van der Waals surface area contributed by atoms with Crippen molar-refractivity contribution in [3.63, 3.8) is 0 Å². The van der Waals surface area contributed by atoms with E-state index >= 15 is 0 Å². The summed E-state index contributed by atoms with van der Waals surface area (Å²) < 4.78 is 6.28. The van der Waals surface area contributed by atoms with Gasteiger partial charge in [-0.3, -0.25) is 4.79 Å². The van der Waals surface area contributed by atoms with Crippen LogP contribution in [0.15, 0.2) is 67.1 Å². The van der Waals surface area contributed by atoms with Crippen molar-refractivity contribution in [3.05, 3.63) is 89.6 Å². The topological polar surface area (TPSA) is 93.1 Å². The number of pyridine rings is 1. The third-order valence-corrected chi connectivity index (χ3v) is 7.18. The van der Waals surface area contributed by atoms with E-state index in [9.17, 15) is 4.79 Å². The van der Waals surface area contributed by atoms with E-state index < -0.39 is 0 Å². The Bertz CT molecular complexity index is 1470. The van der Waals surface area contributed by atoms with E-state index in [1.165, 1.54) is 31.5 Å². The van der Waals surface area contributed by atoms with Crippen molar-refractivity contribution in [1.29, 1.82) is 0 Å². The third-order valence-electron chi connectivity index (χ3n) is 7.18. The number of carbonyl (C=O) groups is 1. The van der Waals surface area contributed by atoms with Crippen molar-refractivity contribution >= 4 is 11.6 Å².